The molecule has 2 aliphatic rings. The number of carboxylic acid groups (broad SMARTS) is 1. The van der Waals surface area contributed by atoms with E-state index in [0.717, 1.165) is 16.7 Å². The molecule has 0 aliphatic carbocycles. The van der Waals surface area contributed by atoms with Crippen LogP contribution in [0.1, 0.15) is 63.0 Å². The van der Waals surface area contributed by atoms with E-state index in [2.05, 4.69) is 41.2 Å². The van der Waals surface area contributed by atoms with Crippen LogP contribution >= 0.6 is 0 Å². The van der Waals surface area contributed by atoms with Gasteiger partial charge in [0.2, 0.25) is 17.9 Å². The second-order valence-electron chi connectivity index (χ2n) is 13.9. The van der Waals surface area contributed by atoms with Crippen LogP contribution in [-0.4, -0.2) is 62.7 Å². The number of aryl methyl sites for hydroxylation is 1. The number of piperidine rings is 1. The number of carbonyl (C=O) groups is 1. The van der Waals surface area contributed by atoms with Crippen LogP contribution in [0.2, 0.25) is 0 Å². The third-order valence-corrected chi connectivity index (χ3v) is 9.39. The van der Waals surface area contributed by atoms with Gasteiger partial charge in [-0.05, 0) is 65.8 Å². The molecule has 6 rings (SSSR count). The maximum Gasteiger partial charge on any atom is 0.429 e. The number of hydrogen-bond donors (Lipinski definition) is 3. The van der Waals surface area contributed by atoms with Crippen molar-refractivity contribution in [2.75, 3.05) is 30.3 Å². The summed E-state index contributed by atoms with van der Waals surface area (Å²) in [4.78, 5) is 21.7. The molecule has 4 heterocycles. The molecular weight excluding hydrogens is 623 g/mol. The highest BCUT2D eigenvalue weighted by molar-refractivity contribution is 5.74. The Morgan fingerprint density at radius 1 is 1.06 bits per heavy atom. The molecule has 48 heavy (non-hydrogen) atoms. The fourth-order valence-corrected chi connectivity index (χ4v) is 6.62. The van der Waals surface area contributed by atoms with E-state index in [1.165, 1.54) is 16.8 Å². The summed E-state index contributed by atoms with van der Waals surface area (Å²) in [6, 6.07) is 15.3. The molecule has 1 spiro atoms. The average Bonchev–Trinajstić information content (AvgIpc) is 3.65. The molecule has 2 aromatic heterocycles. The molecule has 10 nitrogen and oxygen atoms in total. The summed E-state index contributed by atoms with van der Waals surface area (Å²) in [7, 11) is 0. The molecule has 4 aromatic rings. The zero-order chi connectivity index (χ0) is 34.4. The van der Waals surface area contributed by atoms with Crippen LogP contribution < -0.4 is 20.7 Å². The summed E-state index contributed by atoms with van der Waals surface area (Å²) in [5.41, 5.74) is 9.17. The number of nitrogen functional groups attached to an aromatic ring is 1. The number of aliphatic carboxylic acids is 1. The Labute approximate surface area is 277 Å². The molecule has 2 fully saturated rings. The van der Waals surface area contributed by atoms with Crippen LogP contribution in [0.15, 0.2) is 60.8 Å². The van der Waals surface area contributed by atoms with Crippen molar-refractivity contribution in [3.05, 3.63) is 77.6 Å². The summed E-state index contributed by atoms with van der Waals surface area (Å²) in [6.45, 7) is 9.76. The summed E-state index contributed by atoms with van der Waals surface area (Å²) in [5.74, 6) is -1.03. The molecule has 0 radical (unpaired) electrons. The van der Waals surface area contributed by atoms with Crippen molar-refractivity contribution in [1.82, 2.24) is 25.1 Å². The van der Waals surface area contributed by atoms with Crippen LogP contribution in [0.5, 0.6) is 5.88 Å². The number of rotatable bonds is 7. The topological polar surface area (TPSA) is 131 Å². The van der Waals surface area contributed by atoms with Crippen LogP contribution in [0.4, 0.5) is 24.9 Å². The summed E-state index contributed by atoms with van der Waals surface area (Å²) in [6.07, 6.45) is -3.66. The highest BCUT2D eigenvalue weighted by Crippen LogP contribution is 2.43. The van der Waals surface area contributed by atoms with E-state index in [1.54, 1.807) is 31.3 Å². The quantitative estimate of drug-likeness (QED) is 0.211. The second kappa shape index (κ2) is 12.4. The number of nitrogens with one attached hydrogen (secondary N) is 1. The molecule has 13 heteroatoms. The van der Waals surface area contributed by atoms with E-state index in [-0.39, 0.29) is 33.9 Å². The van der Waals surface area contributed by atoms with E-state index in [9.17, 15) is 23.1 Å². The van der Waals surface area contributed by atoms with Crippen LogP contribution in [-0.2, 0) is 10.2 Å². The molecule has 2 saturated heterocycles. The molecule has 4 N–H and O–H groups in total. The minimum atomic E-state index is -4.82. The third kappa shape index (κ3) is 6.96. The van der Waals surface area contributed by atoms with Gasteiger partial charge in [-0.15, -0.1) is 0 Å². The Morgan fingerprint density at radius 2 is 1.79 bits per heavy atom. The van der Waals surface area contributed by atoms with Crippen molar-refractivity contribution in [2.24, 2.45) is 5.41 Å². The fraction of sp³-hybridized carbons (Fsp3) is 0.429. The van der Waals surface area contributed by atoms with Crippen LogP contribution in [0.3, 0.4) is 0 Å². The molecule has 0 saturated carbocycles. The molecule has 2 atom stereocenters. The number of carboxylic acids is 1. The minimum Gasteiger partial charge on any atom is -0.480 e. The Bertz CT molecular complexity index is 1810. The van der Waals surface area contributed by atoms with Gasteiger partial charge in [-0.25, -0.2) is 4.68 Å². The lowest BCUT2D eigenvalue weighted by Gasteiger charge is -2.39. The van der Waals surface area contributed by atoms with Gasteiger partial charge in [0.1, 0.15) is 11.9 Å². The van der Waals surface area contributed by atoms with Crippen molar-refractivity contribution in [3.8, 4) is 22.7 Å². The highest BCUT2D eigenvalue weighted by atomic mass is 19.4. The van der Waals surface area contributed by atoms with Crippen molar-refractivity contribution in [3.63, 3.8) is 0 Å². The van der Waals surface area contributed by atoms with E-state index < -0.39 is 24.3 Å². The number of anilines is 2. The SMILES string of the molecule is Cc1ccn(-c2cc(-c3cccc(C(C)(C)C)c3)ccc2C(Oc2cc(N3CCC4(CC3)CN[C@H](C(=O)O)C4)nc(N)n2)C(F)(F)F)n1. The smallest absolute Gasteiger partial charge is 0.429 e. The van der Waals surface area contributed by atoms with Crippen molar-refractivity contribution < 1.29 is 27.8 Å². The van der Waals surface area contributed by atoms with Crippen molar-refractivity contribution in [1.29, 1.82) is 0 Å². The monoisotopic (exact) mass is 663 g/mol. The van der Waals surface area contributed by atoms with E-state index >= 15 is 0 Å². The van der Waals surface area contributed by atoms with Gasteiger partial charge in [0.05, 0.1) is 11.4 Å². The number of benzene rings is 2. The fourth-order valence-electron chi connectivity index (χ4n) is 6.62. The van der Waals surface area contributed by atoms with Gasteiger partial charge in [-0.2, -0.15) is 28.2 Å². The molecule has 2 aromatic carbocycles. The predicted molar refractivity (Wildman–Crippen MR) is 176 cm³/mol. The molecule has 0 amide bonds. The Morgan fingerprint density at radius 3 is 2.42 bits per heavy atom. The first-order valence-electron chi connectivity index (χ1n) is 16.0. The van der Waals surface area contributed by atoms with Crippen molar-refractivity contribution >= 4 is 17.7 Å². The van der Waals surface area contributed by atoms with Gasteiger partial charge in [-0.1, -0.05) is 57.2 Å². The van der Waals surface area contributed by atoms with Crippen LogP contribution in [0.25, 0.3) is 16.8 Å². The lowest BCUT2D eigenvalue weighted by Crippen LogP contribution is -2.41. The lowest BCUT2D eigenvalue weighted by atomic mass is 9.76. The Hall–Kier alpha value is -4.65. The van der Waals surface area contributed by atoms with Gasteiger partial charge in [0, 0.05) is 37.5 Å². The molecule has 254 valence electrons. The first-order valence-corrected chi connectivity index (χ1v) is 16.0. The molecule has 0 bridgehead atoms. The van der Waals surface area contributed by atoms with Gasteiger partial charge >= 0.3 is 12.1 Å². The number of halogens is 3. The average molecular weight is 664 g/mol. The first kappa shape index (κ1) is 33.3. The Balaban J connectivity index is 1.32. The van der Waals surface area contributed by atoms with Crippen LogP contribution in [0, 0.1) is 12.3 Å². The number of alkyl halides is 3. The van der Waals surface area contributed by atoms with Gasteiger partial charge in [-0.3, -0.25) is 4.79 Å². The number of nitrogens with zero attached hydrogens (tertiary/aromatic N) is 5. The van der Waals surface area contributed by atoms with Crippen molar-refractivity contribution in [2.45, 2.75) is 70.7 Å². The molecular formula is C35H40F3N7O3. The lowest BCUT2D eigenvalue weighted by molar-refractivity contribution is -0.198. The van der Waals surface area contributed by atoms with E-state index in [4.69, 9.17) is 10.5 Å². The number of aromatic nitrogens is 4. The number of hydrogen-bond acceptors (Lipinski definition) is 8. The largest absolute Gasteiger partial charge is 0.480 e. The summed E-state index contributed by atoms with van der Waals surface area (Å²) in [5, 5.41) is 16.9. The zero-order valence-corrected chi connectivity index (χ0v) is 27.4. The predicted octanol–water partition coefficient (Wildman–Crippen LogP) is 6.23. The second-order valence-corrected chi connectivity index (χ2v) is 13.9. The molecule has 2 aliphatic heterocycles. The normalized spacial score (nSPS) is 18.6. The minimum absolute atomic E-state index is 0.113. The standard InChI is InChI=1S/C35H40F3N7O3/c1-21-10-13-45(43-21)27-17-23(22-6-5-7-24(16-22)33(2,3)4)8-9-25(27)30(35(36,37)38)48-29-18-28(41-32(39)42-29)44-14-11-34(12-15-44)19-26(31(46)47)40-20-34/h5-10,13,16-18,26,30,40H,11-12,14-15,19-20H2,1-4H3,(H,46,47)(H2,39,41,42)/t26-,30?/m0/s1. The first-order chi connectivity index (χ1) is 22.6. The number of nitrogens with two attached hydrogens (primary N) is 1. The summed E-state index contributed by atoms with van der Waals surface area (Å²) >= 11 is 0. The van der Waals surface area contributed by atoms with Gasteiger partial charge in [0.25, 0.3) is 0 Å². The van der Waals surface area contributed by atoms with Gasteiger partial charge < -0.3 is 25.8 Å². The van der Waals surface area contributed by atoms with Gasteiger partial charge in [0.15, 0.2) is 0 Å². The third-order valence-electron chi connectivity index (χ3n) is 9.39. The maximum absolute atomic E-state index is 14.9. The Kier molecular flexibility index (Phi) is 8.61. The zero-order valence-electron chi connectivity index (χ0n) is 27.4. The highest BCUT2D eigenvalue weighted by Gasteiger charge is 2.46. The van der Waals surface area contributed by atoms with E-state index in [0.29, 0.717) is 50.4 Å². The molecule has 1 unspecified atom stereocenters. The maximum atomic E-state index is 14.9. The number of ether oxygens (including phenoxy) is 1. The van der Waals surface area contributed by atoms with E-state index in [1.807, 2.05) is 29.2 Å². The summed E-state index contributed by atoms with van der Waals surface area (Å²) < 4.78 is 51.9.